The molecule has 0 aromatic heterocycles. The number of hydrogen-bond acceptors (Lipinski definition) is 5. The maximum absolute atomic E-state index is 6.15. The molecule has 0 saturated heterocycles. The third-order valence-electron chi connectivity index (χ3n) is 4.82. The van der Waals surface area contributed by atoms with Gasteiger partial charge in [-0.05, 0) is 47.5 Å². The van der Waals surface area contributed by atoms with Gasteiger partial charge in [-0.25, -0.2) is 0 Å². The van der Waals surface area contributed by atoms with Gasteiger partial charge in [-0.1, -0.05) is 51.3 Å². The molecule has 0 atom stereocenters. The topological polar surface area (TPSA) is 49.0 Å². The monoisotopic (exact) mass is 523 g/mol. The van der Waals surface area contributed by atoms with Crippen LogP contribution in [0.4, 0.5) is 0 Å². The molecule has 3 aromatic rings. The second-order valence-electron chi connectivity index (χ2n) is 6.89. The first-order valence-corrected chi connectivity index (χ1v) is 11.1. The highest BCUT2D eigenvalue weighted by Gasteiger charge is 2.16. The minimum Gasteiger partial charge on any atom is -0.493 e. The minimum atomic E-state index is 0.266. The van der Waals surface area contributed by atoms with Crippen LogP contribution in [-0.2, 0) is 19.7 Å². The fraction of sp³-hybridized carbons (Fsp3) is 0.217. The molecule has 0 fully saturated rings. The van der Waals surface area contributed by atoms with Gasteiger partial charge in [-0.15, -0.1) is 0 Å². The highest BCUT2D eigenvalue weighted by molar-refractivity contribution is 9.10. The molecule has 1 heterocycles. The van der Waals surface area contributed by atoms with Gasteiger partial charge in [0.2, 0.25) is 6.79 Å². The van der Waals surface area contributed by atoms with E-state index in [1.807, 2.05) is 36.4 Å². The van der Waals surface area contributed by atoms with Crippen molar-refractivity contribution in [2.45, 2.75) is 19.7 Å². The summed E-state index contributed by atoms with van der Waals surface area (Å²) in [5.74, 6) is 2.87. The number of hydrogen-bond donors (Lipinski definition) is 1. The summed E-state index contributed by atoms with van der Waals surface area (Å²) in [5.41, 5.74) is 2.97. The van der Waals surface area contributed by atoms with Crippen molar-refractivity contribution in [3.8, 4) is 23.0 Å². The summed E-state index contributed by atoms with van der Waals surface area (Å²) in [7, 11) is 1.62. The normalized spacial score (nSPS) is 12.1. The maximum atomic E-state index is 6.15. The zero-order valence-electron chi connectivity index (χ0n) is 16.7. The summed E-state index contributed by atoms with van der Waals surface area (Å²) >= 11 is 15.8. The molecule has 0 spiro atoms. The quantitative estimate of drug-likeness (QED) is 0.371. The summed E-state index contributed by atoms with van der Waals surface area (Å²) in [6.07, 6.45) is 0. The molecule has 8 heteroatoms. The lowest BCUT2D eigenvalue weighted by Crippen LogP contribution is -2.14. The van der Waals surface area contributed by atoms with E-state index in [1.165, 1.54) is 0 Å². The molecule has 0 radical (unpaired) electrons. The van der Waals surface area contributed by atoms with E-state index in [1.54, 1.807) is 19.2 Å². The van der Waals surface area contributed by atoms with E-state index < -0.39 is 0 Å². The van der Waals surface area contributed by atoms with Crippen LogP contribution in [0.15, 0.2) is 53.0 Å². The molecule has 31 heavy (non-hydrogen) atoms. The Morgan fingerprint density at radius 1 is 0.935 bits per heavy atom. The molecule has 1 N–H and O–H groups in total. The van der Waals surface area contributed by atoms with Crippen LogP contribution >= 0.6 is 39.1 Å². The summed E-state index contributed by atoms with van der Waals surface area (Å²) in [6.45, 7) is 1.83. The van der Waals surface area contributed by atoms with Crippen molar-refractivity contribution in [3.05, 3.63) is 79.7 Å². The van der Waals surface area contributed by atoms with E-state index in [4.69, 9.17) is 42.1 Å². The fourth-order valence-electron chi connectivity index (χ4n) is 3.23. The standard InChI is InChI=1S/C23H20BrCl2NO4/c1-28-21-7-4-17(24)16(23(21)29-12-15-2-5-18(25)19(26)8-15)11-27-10-14-3-6-20-22(9-14)31-13-30-20/h2-9,27H,10-13H2,1H3. The first-order valence-electron chi connectivity index (χ1n) is 9.56. The van der Waals surface area contributed by atoms with Crippen molar-refractivity contribution < 1.29 is 18.9 Å². The van der Waals surface area contributed by atoms with Crippen LogP contribution in [0, 0.1) is 0 Å². The predicted octanol–water partition coefficient (Wildman–Crippen LogP) is 6.36. The molecule has 3 aromatic carbocycles. The van der Waals surface area contributed by atoms with Gasteiger partial charge in [0.25, 0.3) is 0 Å². The third-order valence-corrected chi connectivity index (χ3v) is 6.30. The molecule has 0 saturated carbocycles. The first-order chi connectivity index (χ1) is 15.0. The van der Waals surface area contributed by atoms with Crippen LogP contribution in [0.5, 0.6) is 23.0 Å². The number of methoxy groups -OCH3 is 1. The van der Waals surface area contributed by atoms with Crippen LogP contribution in [-0.4, -0.2) is 13.9 Å². The second-order valence-corrected chi connectivity index (χ2v) is 8.55. The van der Waals surface area contributed by atoms with Crippen molar-refractivity contribution in [3.63, 3.8) is 0 Å². The Bertz CT molecular complexity index is 1090. The highest BCUT2D eigenvalue weighted by Crippen LogP contribution is 2.37. The van der Waals surface area contributed by atoms with E-state index in [9.17, 15) is 0 Å². The molecule has 0 bridgehead atoms. The van der Waals surface area contributed by atoms with Gasteiger partial charge in [0.15, 0.2) is 23.0 Å². The van der Waals surface area contributed by atoms with E-state index in [2.05, 4.69) is 21.2 Å². The van der Waals surface area contributed by atoms with Crippen molar-refractivity contribution in [2.75, 3.05) is 13.9 Å². The lowest BCUT2D eigenvalue weighted by molar-refractivity contribution is 0.174. The lowest BCUT2D eigenvalue weighted by atomic mass is 10.1. The van der Waals surface area contributed by atoms with Crippen LogP contribution in [0.2, 0.25) is 10.0 Å². The zero-order chi connectivity index (χ0) is 21.8. The molecular weight excluding hydrogens is 505 g/mol. The average molecular weight is 525 g/mol. The van der Waals surface area contributed by atoms with E-state index in [0.29, 0.717) is 41.2 Å². The van der Waals surface area contributed by atoms with Crippen LogP contribution in [0.25, 0.3) is 0 Å². The number of benzene rings is 3. The van der Waals surface area contributed by atoms with Gasteiger partial charge in [0, 0.05) is 23.1 Å². The van der Waals surface area contributed by atoms with Crippen LogP contribution in [0.3, 0.4) is 0 Å². The Morgan fingerprint density at radius 3 is 2.55 bits per heavy atom. The maximum Gasteiger partial charge on any atom is 0.231 e. The van der Waals surface area contributed by atoms with Gasteiger partial charge in [-0.3, -0.25) is 0 Å². The number of halogens is 3. The molecule has 5 nitrogen and oxygen atoms in total. The SMILES string of the molecule is COc1ccc(Br)c(CNCc2ccc3c(c2)OCO3)c1OCc1ccc(Cl)c(Cl)c1. The van der Waals surface area contributed by atoms with Gasteiger partial charge in [-0.2, -0.15) is 0 Å². The molecule has 0 amide bonds. The Labute approximate surface area is 199 Å². The molecule has 1 aliphatic rings. The first kappa shape index (κ1) is 22.1. The Kier molecular flexibility index (Phi) is 7.13. The number of ether oxygens (including phenoxy) is 4. The van der Waals surface area contributed by atoms with E-state index in [-0.39, 0.29) is 6.79 Å². The molecule has 0 unspecified atom stereocenters. The summed E-state index contributed by atoms with van der Waals surface area (Å²) < 4.78 is 23.4. The number of nitrogens with one attached hydrogen (secondary N) is 1. The van der Waals surface area contributed by atoms with Crippen molar-refractivity contribution in [1.29, 1.82) is 0 Å². The van der Waals surface area contributed by atoms with Gasteiger partial charge >= 0.3 is 0 Å². The molecule has 0 aliphatic carbocycles. The van der Waals surface area contributed by atoms with Gasteiger partial charge in [0.1, 0.15) is 6.61 Å². The van der Waals surface area contributed by atoms with Crippen molar-refractivity contribution in [1.82, 2.24) is 5.32 Å². The van der Waals surface area contributed by atoms with Crippen molar-refractivity contribution in [2.24, 2.45) is 0 Å². The van der Waals surface area contributed by atoms with Crippen LogP contribution in [0.1, 0.15) is 16.7 Å². The molecule has 1 aliphatic heterocycles. The predicted molar refractivity (Wildman–Crippen MR) is 125 cm³/mol. The zero-order valence-corrected chi connectivity index (χ0v) is 19.8. The van der Waals surface area contributed by atoms with E-state index >= 15 is 0 Å². The average Bonchev–Trinajstić information content (AvgIpc) is 3.24. The summed E-state index contributed by atoms with van der Waals surface area (Å²) in [5, 5.41) is 4.46. The molecule has 162 valence electrons. The fourth-order valence-corrected chi connectivity index (χ4v) is 4.01. The van der Waals surface area contributed by atoms with E-state index in [0.717, 1.165) is 32.7 Å². The van der Waals surface area contributed by atoms with Crippen molar-refractivity contribution >= 4 is 39.1 Å². The minimum absolute atomic E-state index is 0.266. The Balaban J connectivity index is 1.47. The van der Waals surface area contributed by atoms with Gasteiger partial charge < -0.3 is 24.3 Å². The number of fused-ring (bicyclic) bond motifs is 1. The smallest absolute Gasteiger partial charge is 0.231 e. The Morgan fingerprint density at radius 2 is 1.74 bits per heavy atom. The molecular formula is C23H20BrCl2NO4. The lowest BCUT2D eigenvalue weighted by Gasteiger charge is -2.17. The second kappa shape index (κ2) is 10.0. The highest BCUT2D eigenvalue weighted by atomic mass is 79.9. The summed E-state index contributed by atoms with van der Waals surface area (Å²) in [4.78, 5) is 0. The Hall–Kier alpha value is -2.12. The number of rotatable bonds is 8. The largest absolute Gasteiger partial charge is 0.493 e. The van der Waals surface area contributed by atoms with Crippen LogP contribution < -0.4 is 24.3 Å². The molecule has 4 rings (SSSR count). The third kappa shape index (κ3) is 5.21. The van der Waals surface area contributed by atoms with Gasteiger partial charge in [0.05, 0.1) is 17.2 Å². The summed E-state index contributed by atoms with van der Waals surface area (Å²) in [6, 6.07) is 15.2.